The van der Waals surface area contributed by atoms with Crippen molar-refractivity contribution in [1.29, 1.82) is 0 Å². The predicted octanol–water partition coefficient (Wildman–Crippen LogP) is 3.66. The maximum absolute atomic E-state index is 11.8. The van der Waals surface area contributed by atoms with Crippen LogP contribution in [0.2, 0.25) is 0 Å². The Labute approximate surface area is 126 Å². The maximum Gasteiger partial charge on any atom is 0.319 e. The highest BCUT2D eigenvalue weighted by atomic mass is 79.9. The zero-order chi connectivity index (χ0) is 14.5. The Morgan fingerprint density at radius 1 is 1.20 bits per heavy atom. The van der Waals surface area contributed by atoms with Crippen molar-refractivity contribution in [3.63, 3.8) is 0 Å². The number of nitrogen functional groups attached to an aromatic ring is 1. The van der Waals surface area contributed by atoms with E-state index in [2.05, 4.69) is 26.6 Å². The summed E-state index contributed by atoms with van der Waals surface area (Å²) in [4.78, 5) is 11.8. The minimum absolute atomic E-state index is 0.275. The van der Waals surface area contributed by atoms with Crippen molar-refractivity contribution in [3.8, 4) is 0 Å². The molecule has 4 N–H and O–H groups in total. The molecule has 0 heterocycles. The summed E-state index contributed by atoms with van der Waals surface area (Å²) >= 11 is 3.37. The molecule has 2 rings (SSSR count). The molecule has 0 fully saturated rings. The van der Waals surface area contributed by atoms with Gasteiger partial charge in [-0.3, -0.25) is 0 Å². The minimum Gasteiger partial charge on any atom is -0.397 e. The highest BCUT2D eigenvalue weighted by Gasteiger charge is 2.04. The smallest absolute Gasteiger partial charge is 0.319 e. The molecule has 2 aromatic carbocycles. The number of hydrogen-bond donors (Lipinski definition) is 3. The Bertz CT molecular complexity index is 611. The van der Waals surface area contributed by atoms with Crippen molar-refractivity contribution in [1.82, 2.24) is 5.32 Å². The lowest BCUT2D eigenvalue weighted by molar-refractivity contribution is 0.252. The lowest BCUT2D eigenvalue weighted by atomic mass is 10.2. The largest absolute Gasteiger partial charge is 0.397 e. The first kappa shape index (κ1) is 14.4. The van der Waals surface area contributed by atoms with Crippen LogP contribution >= 0.6 is 15.9 Å². The number of amides is 2. The highest BCUT2D eigenvalue weighted by Crippen LogP contribution is 2.19. The van der Waals surface area contributed by atoms with Crippen molar-refractivity contribution < 1.29 is 4.79 Å². The third-order valence-corrected chi connectivity index (χ3v) is 3.35. The number of anilines is 2. The van der Waals surface area contributed by atoms with Crippen LogP contribution in [-0.2, 0) is 6.54 Å². The second-order valence-electron chi connectivity index (χ2n) is 4.52. The number of carbonyl (C=O) groups excluding carboxylic acids is 1. The molecule has 104 valence electrons. The third-order valence-electron chi connectivity index (χ3n) is 2.82. The summed E-state index contributed by atoms with van der Waals surface area (Å²) in [5, 5.41) is 5.52. The van der Waals surface area contributed by atoms with E-state index in [1.54, 1.807) is 6.07 Å². The molecule has 0 aromatic heterocycles. The topological polar surface area (TPSA) is 67.2 Å². The fraction of sp³-hybridized carbons (Fsp3) is 0.133. The molecule has 4 nitrogen and oxygen atoms in total. The molecule has 0 spiro atoms. The number of nitrogens with one attached hydrogen (secondary N) is 2. The second-order valence-corrected chi connectivity index (χ2v) is 5.44. The zero-order valence-electron chi connectivity index (χ0n) is 11.1. The standard InChI is InChI=1S/C15H16BrN3O/c1-10-2-7-14(13(17)8-10)19-15(20)18-9-11-3-5-12(16)6-4-11/h2-8H,9,17H2,1H3,(H2,18,19,20). The van der Waals surface area contributed by atoms with Crippen LogP contribution in [-0.4, -0.2) is 6.03 Å². The minimum atomic E-state index is -0.275. The van der Waals surface area contributed by atoms with Crippen LogP contribution in [0.15, 0.2) is 46.9 Å². The van der Waals surface area contributed by atoms with Gasteiger partial charge in [0.1, 0.15) is 0 Å². The maximum atomic E-state index is 11.8. The molecule has 20 heavy (non-hydrogen) atoms. The second kappa shape index (κ2) is 6.43. The predicted molar refractivity (Wildman–Crippen MR) is 85.6 cm³/mol. The van der Waals surface area contributed by atoms with Crippen molar-refractivity contribution in [2.24, 2.45) is 0 Å². The van der Waals surface area contributed by atoms with Gasteiger partial charge in [-0.15, -0.1) is 0 Å². The van der Waals surface area contributed by atoms with E-state index in [1.807, 2.05) is 43.3 Å². The van der Waals surface area contributed by atoms with E-state index in [0.29, 0.717) is 17.9 Å². The molecule has 0 radical (unpaired) electrons. The van der Waals surface area contributed by atoms with Gasteiger partial charge in [0.05, 0.1) is 11.4 Å². The molecular formula is C15H16BrN3O. The average Bonchev–Trinajstić information content (AvgIpc) is 2.41. The summed E-state index contributed by atoms with van der Waals surface area (Å²) in [6, 6.07) is 13.0. The fourth-order valence-electron chi connectivity index (χ4n) is 1.75. The SMILES string of the molecule is Cc1ccc(NC(=O)NCc2ccc(Br)cc2)c(N)c1. The normalized spacial score (nSPS) is 10.1. The van der Waals surface area contributed by atoms with Crippen LogP contribution in [0.1, 0.15) is 11.1 Å². The molecule has 0 aliphatic rings. The Morgan fingerprint density at radius 3 is 2.55 bits per heavy atom. The van der Waals surface area contributed by atoms with Gasteiger partial charge in [0, 0.05) is 11.0 Å². The Morgan fingerprint density at radius 2 is 1.90 bits per heavy atom. The Balaban J connectivity index is 1.90. The molecule has 0 aliphatic heterocycles. The van der Waals surface area contributed by atoms with Gasteiger partial charge in [0.25, 0.3) is 0 Å². The fourth-order valence-corrected chi connectivity index (χ4v) is 2.01. The van der Waals surface area contributed by atoms with E-state index >= 15 is 0 Å². The van der Waals surface area contributed by atoms with Gasteiger partial charge in [0.2, 0.25) is 0 Å². The average molecular weight is 334 g/mol. The zero-order valence-corrected chi connectivity index (χ0v) is 12.7. The van der Waals surface area contributed by atoms with Crippen molar-refractivity contribution in [3.05, 3.63) is 58.1 Å². The van der Waals surface area contributed by atoms with Crippen LogP contribution in [0.5, 0.6) is 0 Å². The summed E-state index contributed by atoms with van der Waals surface area (Å²) in [5.74, 6) is 0. The summed E-state index contributed by atoms with van der Waals surface area (Å²) < 4.78 is 1.01. The molecular weight excluding hydrogens is 318 g/mol. The van der Waals surface area contributed by atoms with E-state index in [1.165, 1.54) is 0 Å². The molecule has 2 amide bonds. The number of aryl methyl sites for hydroxylation is 1. The monoisotopic (exact) mass is 333 g/mol. The van der Waals surface area contributed by atoms with Crippen molar-refractivity contribution in [2.75, 3.05) is 11.1 Å². The molecule has 0 unspecified atom stereocenters. The van der Waals surface area contributed by atoms with Crippen LogP contribution in [0.3, 0.4) is 0 Å². The van der Waals surface area contributed by atoms with Crippen LogP contribution in [0, 0.1) is 6.92 Å². The first-order chi connectivity index (χ1) is 9.54. The first-order valence-corrected chi connectivity index (χ1v) is 6.99. The van der Waals surface area contributed by atoms with Gasteiger partial charge >= 0.3 is 6.03 Å². The number of benzene rings is 2. The van der Waals surface area contributed by atoms with Crippen LogP contribution in [0.4, 0.5) is 16.2 Å². The van der Waals surface area contributed by atoms with Crippen LogP contribution < -0.4 is 16.4 Å². The van der Waals surface area contributed by atoms with E-state index in [0.717, 1.165) is 15.6 Å². The Kier molecular flexibility index (Phi) is 4.63. The van der Waals surface area contributed by atoms with Gasteiger partial charge in [-0.25, -0.2) is 4.79 Å². The van der Waals surface area contributed by atoms with Gasteiger partial charge in [0.15, 0.2) is 0 Å². The molecule has 0 bridgehead atoms. The lowest BCUT2D eigenvalue weighted by Gasteiger charge is -2.10. The number of nitrogens with two attached hydrogens (primary N) is 1. The molecule has 0 atom stereocenters. The summed E-state index contributed by atoms with van der Waals surface area (Å²) in [6.45, 7) is 2.42. The van der Waals surface area contributed by atoms with E-state index < -0.39 is 0 Å². The Hall–Kier alpha value is -2.01. The molecule has 5 heteroatoms. The third kappa shape index (κ3) is 3.99. The molecule has 2 aromatic rings. The van der Waals surface area contributed by atoms with E-state index in [9.17, 15) is 4.79 Å². The first-order valence-electron chi connectivity index (χ1n) is 6.20. The van der Waals surface area contributed by atoms with E-state index in [-0.39, 0.29) is 6.03 Å². The quantitative estimate of drug-likeness (QED) is 0.750. The van der Waals surface area contributed by atoms with Crippen LogP contribution in [0.25, 0.3) is 0 Å². The number of halogens is 1. The molecule has 0 aliphatic carbocycles. The number of carbonyl (C=O) groups is 1. The lowest BCUT2D eigenvalue weighted by Crippen LogP contribution is -2.28. The highest BCUT2D eigenvalue weighted by molar-refractivity contribution is 9.10. The van der Waals surface area contributed by atoms with Gasteiger partial charge in [-0.05, 0) is 42.3 Å². The summed E-state index contributed by atoms with van der Waals surface area (Å²) in [5.41, 5.74) is 9.11. The molecule has 0 saturated carbocycles. The number of rotatable bonds is 3. The van der Waals surface area contributed by atoms with Gasteiger partial charge in [-0.2, -0.15) is 0 Å². The van der Waals surface area contributed by atoms with Crippen molar-refractivity contribution >= 4 is 33.3 Å². The summed E-state index contributed by atoms with van der Waals surface area (Å²) in [7, 11) is 0. The van der Waals surface area contributed by atoms with Gasteiger partial charge in [-0.1, -0.05) is 34.1 Å². The number of hydrogen-bond acceptors (Lipinski definition) is 2. The van der Waals surface area contributed by atoms with E-state index in [4.69, 9.17) is 5.73 Å². The summed E-state index contributed by atoms with van der Waals surface area (Å²) in [6.07, 6.45) is 0. The van der Waals surface area contributed by atoms with Crippen molar-refractivity contribution in [2.45, 2.75) is 13.5 Å². The number of urea groups is 1. The molecule has 0 saturated heterocycles. The van der Waals surface area contributed by atoms with Gasteiger partial charge < -0.3 is 16.4 Å².